The molecular formula is C20H25NO4S. The normalized spacial score (nSPS) is 14.0. The van der Waals surface area contributed by atoms with Crippen molar-refractivity contribution in [2.75, 3.05) is 26.6 Å². The van der Waals surface area contributed by atoms with Crippen LogP contribution in [0.15, 0.2) is 43.0 Å². The summed E-state index contributed by atoms with van der Waals surface area (Å²) in [5.74, 6) is 1.57. The van der Waals surface area contributed by atoms with Gasteiger partial charge in [0.05, 0.1) is 19.3 Å². The molecule has 0 aliphatic carbocycles. The number of aliphatic hydroxyl groups excluding tert-OH is 1. The van der Waals surface area contributed by atoms with Gasteiger partial charge in [-0.05, 0) is 36.8 Å². The molecule has 0 fully saturated rings. The highest BCUT2D eigenvalue weighted by Crippen LogP contribution is 2.33. The first-order valence-corrected chi connectivity index (χ1v) is 9.48. The van der Waals surface area contributed by atoms with Crippen LogP contribution in [0.2, 0.25) is 0 Å². The van der Waals surface area contributed by atoms with E-state index in [4.69, 9.17) is 14.2 Å². The Bertz CT molecular complexity index is 730. The van der Waals surface area contributed by atoms with Crippen LogP contribution in [0.3, 0.4) is 0 Å². The number of thiophene rings is 1. The monoisotopic (exact) mass is 375 g/mol. The first-order valence-electron chi connectivity index (χ1n) is 8.67. The van der Waals surface area contributed by atoms with E-state index in [1.165, 1.54) is 9.75 Å². The Balaban J connectivity index is 1.66. The Labute approximate surface area is 158 Å². The zero-order valence-corrected chi connectivity index (χ0v) is 15.8. The van der Waals surface area contributed by atoms with Gasteiger partial charge >= 0.3 is 0 Å². The van der Waals surface area contributed by atoms with Gasteiger partial charge in [0.15, 0.2) is 11.5 Å². The first kappa shape index (κ1) is 18.9. The fraction of sp³-hybridized carbons (Fsp3) is 0.400. The number of fused-ring (bicyclic) bond motifs is 1. The van der Waals surface area contributed by atoms with Gasteiger partial charge in [-0.15, -0.1) is 17.9 Å². The van der Waals surface area contributed by atoms with Gasteiger partial charge in [0.25, 0.3) is 0 Å². The van der Waals surface area contributed by atoms with Crippen LogP contribution < -0.4 is 9.47 Å². The second-order valence-electron chi connectivity index (χ2n) is 6.35. The first-order chi connectivity index (χ1) is 12.6. The molecule has 1 aliphatic rings. The molecule has 1 aromatic heterocycles. The third-order valence-electron chi connectivity index (χ3n) is 4.03. The van der Waals surface area contributed by atoms with E-state index in [1.54, 1.807) is 17.4 Å². The molecule has 26 heavy (non-hydrogen) atoms. The summed E-state index contributed by atoms with van der Waals surface area (Å²) in [6.07, 6.45) is 1.14. The Morgan fingerprint density at radius 2 is 2.12 bits per heavy atom. The standard InChI is InChI=1S/C20H25NO4S/c1-3-8-23-13-17(22)11-21(12-18-6-4-15(2)26-18)10-16-5-7-19-20(9-16)25-14-24-19/h3-7,9,17,22H,1,8,10-14H2,2H3/t17-/m0/s1. The molecular weight excluding hydrogens is 350 g/mol. The Morgan fingerprint density at radius 1 is 1.27 bits per heavy atom. The number of hydrogen-bond acceptors (Lipinski definition) is 6. The zero-order chi connectivity index (χ0) is 18.4. The number of benzene rings is 1. The second-order valence-corrected chi connectivity index (χ2v) is 7.72. The van der Waals surface area contributed by atoms with Crippen molar-refractivity contribution in [3.63, 3.8) is 0 Å². The lowest BCUT2D eigenvalue weighted by Crippen LogP contribution is -2.34. The van der Waals surface area contributed by atoms with Gasteiger partial charge in [-0.25, -0.2) is 0 Å². The number of aliphatic hydroxyl groups is 1. The molecule has 1 aliphatic heterocycles. The van der Waals surface area contributed by atoms with E-state index in [0.717, 1.165) is 23.6 Å². The Kier molecular flexibility index (Phi) is 6.68. The van der Waals surface area contributed by atoms with Crippen molar-refractivity contribution in [1.82, 2.24) is 4.90 Å². The molecule has 5 nitrogen and oxygen atoms in total. The quantitative estimate of drug-likeness (QED) is 0.510. The van der Waals surface area contributed by atoms with Crippen LogP contribution in [0.4, 0.5) is 0 Å². The highest BCUT2D eigenvalue weighted by molar-refractivity contribution is 7.11. The summed E-state index contributed by atoms with van der Waals surface area (Å²) in [6, 6.07) is 10.3. The van der Waals surface area contributed by atoms with Crippen molar-refractivity contribution in [2.24, 2.45) is 0 Å². The van der Waals surface area contributed by atoms with Crippen molar-refractivity contribution in [2.45, 2.75) is 26.1 Å². The number of ether oxygens (including phenoxy) is 3. The minimum atomic E-state index is -0.551. The van der Waals surface area contributed by atoms with Crippen LogP contribution in [-0.4, -0.2) is 42.7 Å². The van der Waals surface area contributed by atoms with E-state index in [2.05, 4.69) is 30.5 Å². The van der Waals surface area contributed by atoms with E-state index < -0.39 is 6.10 Å². The molecule has 0 amide bonds. The van der Waals surface area contributed by atoms with Crippen LogP contribution in [0, 0.1) is 6.92 Å². The smallest absolute Gasteiger partial charge is 0.231 e. The zero-order valence-electron chi connectivity index (χ0n) is 15.0. The van der Waals surface area contributed by atoms with Crippen molar-refractivity contribution in [1.29, 1.82) is 0 Å². The molecule has 2 heterocycles. The largest absolute Gasteiger partial charge is 0.454 e. The Hall–Kier alpha value is -1.86. The molecule has 0 bridgehead atoms. The Morgan fingerprint density at radius 3 is 2.88 bits per heavy atom. The summed E-state index contributed by atoms with van der Waals surface area (Å²) >= 11 is 1.78. The molecule has 1 atom stereocenters. The minimum absolute atomic E-state index is 0.274. The SMILES string of the molecule is C=CCOC[C@@H](O)CN(Cc1ccc2c(c1)OCO2)Cc1ccc(C)s1. The van der Waals surface area contributed by atoms with Gasteiger partial charge in [0.1, 0.15) is 0 Å². The molecule has 0 radical (unpaired) electrons. The lowest BCUT2D eigenvalue weighted by atomic mass is 10.1. The molecule has 1 N–H and O–H groups in total. The molecule has 3 rings (SSSR count). The van der Waals surface area contributed by atoms with Crippen LogP contribution in [0.1, 0.15) is 15.3 Å². The number of aryl methyl sites for hydroxylation is 1. The van der Waals surface area contributed by atoms with E-state index in [0.29, 0.717) is 26.3 Å². The lowest BCUT2D eigenvalue weighted by Gasteiger charge is -2.25. The molecule has 140 valence electrons. The number of rotatable bonds is 10. The highest BCUT2D eigenvalue weighted by atomic mass is 32.1. The third-order valence-corrected chi connectivity index (χ3v) is 5.02. The van der Waals surface area contributed by atoms with Gasteiger partial charge < -0.3 is 19.3 Å². The molecule has 0 unspecified atom stereocenters. The number of hydrogen-bond donors (Lipinski definition) is 1. The fourth-order valence-corrected chi connectivity index (χ4v) is 3.84. The highest BCUT2D eigenvalue weighted by Gasteiger charge is 2.17. The molecule has 1 aromatic carbocycles. The van der Waals surface area contributed by atoms with Crippen LogP contribution in [-0.2, 0) is 17.8 Å². The van der Waals surface area contributed by atoms with Gasteiger partial charge in [0.2, 0.25) is 6.79 Å². The summed E-state index contributed by atoms with van der Waals surface area (Å²) in [4.78, 5) is 4.80. The van der Waals surface area contributed by atoms with Crippen molar-refractivity contribution in [3.05, 3.63) is 58.3 Å². The predicted molar refractivity (Wildman–Crippen MR) is 103 cm³/mol. The summed E-state index contributed by atoms with van der Waals surface area (Å²) in [7, 11) is 0. The third kappa shape index (κ3) is 5.32. The van der Waals surface area contributed by atoms with E-state index in [9.17, 15) is 5.11 Å². The van der Waals surface area contributed by atoms with Crippen molar-refractivity contribution in [3.8, 4) is 11.5 Å². The summed E-state index contributed by atoms with van der Waals surface area (Å²) in [5.41, 5.74) is 1.13. The van der Waals surface area contributed by atoms with Gasteiger partial charge in [-0.3, -0.25) is 4.90 Å². The maximum atomic E-state index is 10.3. The molecule has 2 aromatic rings. The summed E-state index contributed by atoms with van der Waals surface area (Å²) in [5, 5.41) is 10.3. The predicted octanol–water partition coefficient (Wildman–Crippen LogP) is 3.35. The van der Waals surface area contributed by atoms with Crippen molar-refractivity contribution >= 4 is 11.3 Å². The van der Waals surface area contributed by atoms with Gasteiger partial charge in [-0.2, -0.15) is 0 Å². The maximum Gasteiger partial charge on any atom is 0.231 e. The summed E-state index contributed by atoms with van der Waals surface area (Å²) in [6.45, 7) is 8.78. The van der Waals surface area contributed by atoms with E-state index in [-0.39, 0.29) is 6.79 Å². The van der Waals surface area contributed by atoms with Crippen molar-refractivity contribution < 1.29 is 19.3 Å². The average molecular weight is 375 g/mol. The van der Waals surface area contributed by atoms with E-state index in [1.807, 2.05) is 18.2 Å². The van der Waals surface area contributed by atoms with Crippen LogP contribution >= 0.6 is 11.3 Å². The van der Waals surface area contributed by atoms with Crippen LogP contribution in [0.5, 0.6) is 11.5 Å². The molecule has 0 saturated heterocycles. The average Bonchev–Trinajstić information content (AvgIpc) is 3.23. The maximum absolute atomic E-state index is 10.3. The van der Waals surface area contributed by atoms with E-state index >= 15 is 0 Å². The molecule has 6 heteroatoms. The van der Waals surface area contributed by atoms with Gasteiger partial charge in [-0.1, -0.05) is 12.1 Å². The lowest BCUT2D eigenvalue weighted by molar-refractivity contribution is 0.0230. The number of nitrogens with zero attached hydrogens (tertiary/aromatic N) is 1. The second kappa shape index (κ2) is 9.19. The fourth-order valence-electron chi connectivity index (χ4n) is 2.91. The molecule has 0 saturated carbocycles. The summed E-state index contributed by atoms with van der Waals surface area (Å²) < 4.78 is 16.2. The molecule has 0 spiro atoms. The minimum Gasteiger partial charge on any atom is -0.454 e. The van der Waals surface area contributed by atoms with Gasteiger partial charge in [0, 0.05) is 29.4 Å². The van der Waals surface area contributed by atoms with Crippen LogP contribution in [0.25, 0.3) is 0 Å². The topological polar surface area (TPSA) is 51.2 Å².